The van der Waals surface area contributed by atoms with E-state index in [4.69, 9.17) is 4.74 Å². The monoisotopic (exact) mass is 297 g/mol. The Kier molecular flexibility index (Phi) is 4.42. The van der Waals surface area contributed by atoms with Crippen LogP contribution in [0.5, 0.6) is 0 Å². The molecule has 0 aliphatic heterocycles. The lowest BCUT2D eigenvalue weighted by molar-refractivity contribution is 0.199. The van der Waals surface area contributed by atoms with Gasteiger partial charge in [0, 0.05) is 27.0 Å². The van der Waals surface area contributed by atoms with E-state index in [1.807, 2.05) is 17.7 Å². The molecule has 0 fully saturated rings. The number of para-hydroxylation sites is 1. The molecule has 7 heteroatoms. The molecule has 2 aromatic rings. The molecule has 6 nitrogen and oxygen atoms in total. The van der Waals surface area contributed by atoms with Gasteiger partial charge in [0.1, 0.15) is 11.3 Å². The quantitative estimate of drug-likeness (QED) is 0.795. The number of hydrogen-bond donors (Lipinski definition) is 1. The van der Waals surface area contributed by atoms with Crippen LogP contribution in [0.15, 0.2) is 23.1 Å². The van der Waals surface area contributed by atoms with Gasteiger partial charge in [0.2, 0.25) is 0 Å². The number of imidazole rings is 1. The smallest absolute Gasteiger partial charge is 0.177 e. The lowest BCUT2D eigenvalue weighted by atomic mass is 10.3. The molecule has 0 atom stereocenters. The highest BCUT2D eigenvalue weighted by atomic mass is 32.2. The van der Waals surface area contributed by atoms with Crippen molar-refractivity contribution in [1.29, 1.82) is 0 Å². The van der Waals surface area contributed by atoms with E-state index in [2.05, 4.69) is 10.3 Å². The first-order chi connectivity index (χ1) is 9.45. The topological polar surface area (TPSA) is 73.2 Å². The van der Waals surface area contributed by atoms with Crippen LogP contribution in [0.1, 0.15) is 5.82 Å². The van der Waals surface area contributed by atoms with E-state index in [0.717, 1.165) is 17.9 Å². The molecular formula is C13H19N3O3S. The van der Waals surface area contributed by atoms with Crippen molar-refractivity contribution in [2.45, 2.75) is 11.4 Å². The molecule has 0 radical (unpaired) electrons. The van der Waals surface area contributed by atoms with Gasteiger partial charge in [-0.3, -0.25) is 0 Å². The van der Waals surface area contributed by atoms with Gasteiger partial charge in [-0.15, -0.1) is 0 Å². The average Bonchev–Trinajstić information content (AvgIpc) is 2.71. The maximum Gasteiger partial charge on any atom is 0.177 e. The molecule has 1 N–H and O–H groups in total. The molecule has 110 valence electrons. The maximum atomic E-state index is 11.8. The van der Waals surface area contributed by atoms with Gasteiger partial charge in [0.25, 0.3) is 0 Å². The van der Waals surface area contributed by atoms with Crippen LogP contribution < -0.4 is 5.32 Å². The molecule has 1 aromatic heterocycles. The third-order valence-electron chi connectivity index (χ3n) is 3.13. The number of nitrogens with one attached hydrogen (secondary N) is 1. The zero-order valence-electron chi connectivity index (χ0n) is 11.9. The number of hydrogen-bond acceptors (Lipinski definition) is 5. The lowest BCUT2D eigenvalue weighted by Crippen LogP contribution is -2.20. The Morgan fingerprint density at radius 3 is 2.80 bits per heavy atom. The molecule has 0 saturated carbocycles. The van der Waals surface area contributed by atoms with E-state index in [-0.39, 0.29) is 4.90 Å². The van der Waals surface area contributed by atoms with Crippen LogP contribution in [-0.4, -0.2) is 44.5 Å². The van der Waals surface area contributed by atoms with Crippen molar-refractivity contribution in [3.63, 3.8) is 0 Å². The number of sulfone groups is 1. The van der Waals surface area contributed by atoms with E-state index in [9.17, 15) is 8.42 Å². The van der Waals surface area contributed by atoms with Crippen LogP contribution in [0, 0.1) is 0 Å². The Hall–Kier alpha value is -1.44. The largest absolute Gasteiger partial charge is 0.383 e. The van der Waals surface area contributed by atoms with Gasteiger partial charge < -0.3 is 14.6 Å². The number of benzene rings is 1. The third-order valence-corrected chi connectivity index (χ3v) is 4.26. The lowest BCUT2D eigenvalue weighted by Gasteiger charge is -2.04. The van der Waals surface area contributed by atoms with Gasteiger partial charge in [-0.05, 0) is 12.1 Å². The van der Waals surface area contributed by atoms with Gasteiger partial charge >= 0.3 is 0 Å². The number of rotatable bonds is 6. The summed E-state index contributed by atoms with van der Waals surface area (Å²) in [6.45, 7) is 1.91. The number of aryl methyl sites for hydroxylation is 1. The van der Waals surface area contributed by atoms with E-state index in [0.29, 0.717) is 18.7 Å². The Morgan fingerprint density at radius 2 is 2.15 bits per heavy atom. The fourth-order valence-electron chi connectivity index (χ4n) is 2.07. The highest BCUT2D eigenvalue weighted by molar-refractivity contribution is 7.91. The minimum Gasteiger partial charge on any atom is -0.383 e. The molecule has 1 aromatic carbocycles. The number of fused-ring (bicyclic) bond motifs is 1. The van der Waals surface area contributed by atoms with Gasteiger partial charge in [0.15, 0.2) is 9.84 Å². The second-order valence-corrected chi connectivity index (χ2v) is 6.64. The van der Waals surface area contributed by atoms with Crippen molar-refractivity contribution < 1.29 is 13.2 Å². The van der Waals surface area contributed by atoms with Crippen LogP contribution in [0.3, 0.4) is 0 Å². The van der Waals surface area contributed by atoms with Crippen molar-refractivity contribution in [3.05, 3.63) is 24.0 Å². The van der Waals surface area contributed by atoms with Crippen molar-refractivity contribution in [2.24, 2.45) is 7.05 Å². The SMILES string of the molecule is COCCNCc1nc2c(S(C)(=O)=O)cccc2n1C. The molecule has 0 aliphatic rings. The molecule has 0 spiro atoms. The Bertz CT molecular complexity index is 707. The van der Waals surface area contributed by atoms with Crippen LogP contribution in [0.25, 0.3) is 11.0 Å². The number of methoxy groups -OCH3 is 1. The standard InChI is InChI=1S/C13H19N3O3S/c1-16-10-5-4-6-11(20(3,17)18)13(10)15-12(16)9-14-7-8-19-2/h4-6,14H,7-9H2,1-3H3. The summed E-state index contributed by atoms with van der Waals surface area (Å²) in [4.78, 5) is 4.73. The van der Waals surface area contributed by atoms with Gasteiger partial charge in [0.05, 0.1) is 23.6 Å². The van der Waals surface area contributed by atoms with Crippen LogP contribution in [0.4, 0.5) is 0 Å². The maximum absolute atomic E-state index is 11.8. The third kappa shape index (κ3) is 3.00. The minimum atomic E-state index is -3.28. The molecule has 20 heavy (non-hydrogen) atoms. The van der Waals surface area contributed by atoms with Crippen LogP contribution >= 0.6 is 0 Å². The van der Waals surface area contributed by atoms with E-state index in [1.165, 1.54) is 6.26 Å². The summed E-state index contributed by atoms with van der Waals surface area (Å²) < 4.78 is 30.4. The summed E-state index contributed by atoms with van der Waals surface area (Å²) in [6, 6.07) is 5.20. The fourth-order valence-corrected chi connectivity index (χ4v) is 2.90. The van der Waals surface area contributed by atoms with Crippen molar-refractivity contribution in [2.75, 3.05) is 26.5 Å². The van der Waals surface area contributed by atoms with E-state index >= 15 is 0 Å². The first-order valence-electron chi connectivity index (χ1n) is 6.29. The molecule has 0 aliphatic carbocycles. The molecule has 0 amide bonds. The second-order valence-electron chi connectivity index (χ2n) is 4.65. The summed E-state index contributed by atoms with van der Waals surface area (Å²) in [7, 11) is 0.253. The predicted molar refractivity (Wildman–Crippen MR) is 77.4 cm³/mol. The summed E-state index contributed by atoms with van der Waals surface area (Å²) in [6.07, 6.45) is 1.20. The van der Waals surface area contributed by atoms with Crippen LogP contribution in [0.2, 0.25) is 0 Å². The average molecular weight is 297 g/mol. The van der Waals surface area contributed by atoms with E-state index < -0.39 is 9.84 Å². The molecule has 0 unspecified atom stereocenters. The Labute approximate surface area is 118 Å². The van der Waals surface area contributed by atoms with Gasteiger partial charge in [-0.1, -0.05) is 6.07 Å². The summed E-state index contributed by atoms with van der Waals surface area (Å²) in [5, 5.41) is 3.20. The fraction of sp³-hybridized carbons (Fsp3) is 0.462. The van der Waals surface area contributed by atoms with E-state index in [1.54, 1.807) is 19.2 Å². The molecule has 0 saturated heterocycles. The normalized spacial score (nSPS) is 12.2. The summed E-state index contributed by atoms with van der Waals surface area (Å²) >= 11 is 0. The minimum absolute atomic E-state index is 0.272. The van der Waals surface area contributed by atoms with Gasteiger partial charge in [-0.25, -0.2) is 13.4 Å². The Morgan fingerprint density at radius 1 is 1.40 bits per heavy atom. The first kappa shape index (κ1) is 15.0. The molecule has 0 bridgehead atoms. The highest BCUT2D eigenvalue weighted by Gasteiger charge is 2.16. The van der Waals surface area contributed by atoms with Gasteiger partial charge in [-0.2, -0.15) is 0 Å². The first-order valence-corrected chi connectivity index (χ1v) is 8.18. The number of aromatic nitrogens is 2. The van der Waals surface area contributed by atoms with Crippen LogP contribution in [-0.2, 0) is 28.2 Å². The molecule has 1 heterocycles. The Balaban J connectivity index is 2.37. The second kappa shape index (κ2) is 5.90. The zero-order valence-corrected chi connectivity index (χ0v) is 12.7. The highest BCUT2D eigenvalue weighted by Crippen LogP contribution is 2.22. The summed E-state index contributed by atoms with van der Waals surface area (Å²) in [5.74, 6) is 0.798. The number of ether oxygens (including phenoxy) is 1. The molecule has 2 rings (SSSR count). The predicted octanol–water partition coefficient (Wildman–Crippen LogP) is 0.713. The molecular weight excluding hydrogens is 278 g/mol. The summed E-state index contributed by atoms with van der Waals surface area (Å²) in [5.41, 5.74) is 1.34. The van der Waals surface area contributed by atoms with Crippen molar-refractivity contribution >= 4 is 20.9 Å². The zero-order chi connectivity index (χ0) is 14.8. The number of nitrogens with zero attached hydrogens (tertiary/aromatic N) is 2. The van der Waals surface area contributed by atoms with Crippen molar-refractivity contribution in [1.82, 2.24) is 14.9 Å². The van der Waals surface area contributed by atoms with Crippen molar-refractivity contribution in [3.8, 4) is 0 Å².